The lowest BCUT2D eigenvalue weighted by molar-refractivity contribution is -0.275. The molecule has 0 saturated heterocycles. The Morgan fingerprint density at radius 1 is 1.06 bits per heavy atom. The summed E-state index contributed by atoms with van der Waals surface area (Å²) in [5.74, 6) is 0.195. The molecule has 2 heterocycles. The fourth-order valence-corrected chi connectivity index (χ4v) is 4.31. The minimum absolute atomic E-state index is 0.188. The Hall–Kier alpha value is -3.17. The average Bonchev–Trinajstić information content (AvgIpc) is 3.14. The number of alkyl halides is 3. The van der Waals surface area contributed by atoms with Gasteiger partial charge in [0.05, 0.1) is 11.9 Å². The van der Waals surface area contributed by atoms with Gasteiger partial charge in [0.15, 0.2) is 0 Å². The molecule has 0 amide bonds. The summed E-state index contributed by atoms with van der Waals surface area (Å²) < 4.78 is 42.0. The molecule has 0 fully saturated rings. The number of rotatable bonds is 6. The third-order valence-corrected chi connectivity index (χ3v) is 5.65. The summed E-state index contributed by atoms with van der Waals surface area (Å²) in [5, 5.41) is 0.513. The maximum Gasteiger partial charge on any atom is 0.573 e. The number of benzene rings is 2. The number of fused-ring (bicyclic) bond motifs is 1. The van der Waals surface area contributed by atoms with Gasteiger partial charge in [0, 0.05) is 17.0 Å². The summed E-state index contributed by atoms with van der Waals surface area (Å²) in [6, 6.07) is 17.5. The number of nitrogens with one attached hydrogen (secondary N) is 1. The molecule has 0 unspecified atom stereocenters. The van der Waals surface area contributed by atoms with Crippen LogP contribution in [0.3, 0.4) is 0 Å². The lowest BCUT2D eigenvalue weighted by Crippen LogP contribution is -2.23. The third-order valence-electron chi connectivity index (χ3n) is 4.57. The molecule has 31 heavy (non-hydrogen) atoms. The van der Waals surface area contributed by atoms with Crippen LogP contribution in [-0.2, 0) is 13.1 Å². The summed E-state index contributed by atoms with van der Waals surface area (Å²) >= 11 is 1.42. The minimum atomic E-state index is -4.76. The minimum Gasteiger partial charge on any atom is -0.405 e. The van der Waals surface area contributed by atoms with Crippen molar-refractivity contribution in [2.75, 3.05) is 7.05 Å². The number of para-hydroxylation sites is 1. The fourth-order valence-electron chi connectivity index (χ4n) is 3.26. The van der Waals surface area contributed by atoms with E-state index in [0.29, 0.717) is 21.6 Å². The molecule has 5 nitrogen and oxygen atoms in total. The molecule has 2 aromatic carbocycles. The van der Waals surface area contributed by atoms with Gasteiger partial charge in [-0.15, -0.1) is 24.5 Å². The third kappa shape index (κ3) is 5.12. The van der Waals surface area contributed by atoms with E-state index in [9.17, 15) is 18.0 Å². The van der Waals surface area contributed by atoms with E-state index < -0.39 is 6.36 Å². The van der Waals surface area contributed by atoms with E-state index in [1.165, 1.54) is 23.5 Å². The lowest BCUT2D eigenvalue weighted by Gasteiger charge is -2.19. The Kier molecular flexibility index (Phi) is 5.79. The van der Waals surface area contributed by atoms with E-state index in [2.05, 4.69) is 14.7 Å². The Morgan fingerprint density at radius 3 is 2.52 bits per heavy atom. The quantitative estimate of drug-likeness (QED) is 0.444. The van der Waals surface area contributed by atoms with Gasteiger partial charge < -0.3 is 9.72 Å². The highest BCUT2D eigenvalue weighted by molar-refractivity contribution is 7.21. The SMILES string of the molecule is CN(Cc1nc2sc(-c3ccccc3)cc2c(=O)[nH]1)Cc1ccccc1OC(F)(F)F. The molecule has 0 aliphatic heterocycles. The second kappa shape index (κ2) is 8.52. The number of halogens is 3. The van der Waals surface area contributed by atoms with Crippen LogP contribution in [-0.4, -0.2) is 28.3 Å². The van der Waals surface area contributed by atoms with Gasteiger partial charge in [-0.1, -0.05) is 48.5 Å². The molecule has 0 aliphatic carbocycles. The molecule has 0 radical (unpaired) electrons. The number of aromatic nitrogens is 2. The molecule has 0 atom stereocenters. The lowest BCUT2D eigenvalue weighted by atomic mass is 10.2. The molecule has 9 heteroatoms. The van der Waals surface area contributed by atoms with E-state index in [1.54, 1.807) is 24.1 Å². The van der Waals surface area contributed by atoms with Crippen LogP contribution in [0.1, 0.15) is 11.4 Å². The van der Waals surface area contributed by atoms with Crippen molar-refractivity contribution in [1.82, 2.24) is 14.9 Å². The van der Waals surface area contributed by atoms with Crippen LogP contribution in [0.2, 0.25) is 0 Å². The van der Waals surface area contributed by atoms with Gasteiger partial charge in [-0.2, -0.15) is 0 Å². The number of H-pyrrole nitrogens is 1. The number of nitrogens with zero attached hydrogens (tertiary/aromatic N) is 2. The van der Waals surface area contributed by atoms with Crippen LogP contribution in [0.4, 0.5) is 13.2 Å². The highest BCUT2D eigenvalue weighted by Crippen LogP contribution is 2.31. The molecular formula is C22H18F3N3O2S. The number of thiophene rings is 1. The van der Waals surface area contributed by atoms with Crippen LogP contribution < -0.4 is 10.3 Å². The Balaban J connectivity index is 1.55. The second-order valence-electron chi connectivity index (χ2n) is 7.04. The van der Waals surface area contributed by atoms with Crippen LogP contribution in [0.5, 0.6) is 5.75 Å². The van der Waals surface area contributed by atoms with Gasteiger partial charge >= 0.3 is 6.36 Å². The summed E-state index contributed by atoms with van der Waals surface area (Å²) in [5.41, 5.74) is 1.14. The van der Waals surface area contributed by atoms with Crippen LogP contribution in [0, 0.1) is 0 Å². The number of hydrogen-bond donors (Lipinski definition) is 1. The Bertz CT molecular complexity index is 1250. The zero-order chi connectivity index (χ0) is 22.0. The highest BCUT2D eigenvalue weighted by atomic mass is 32.1. The van der Waals surface area contributed by atoms with Crippen molar-refractivity contribution in [3.8, 4) is 16.2 Å². The first kappa shape index (κ1) is 21.1. The van der Waals surface area contributed by atoms with E-state index in [-0.39, 0.29) is 24.4 Å². The van der Waals surface area contributed by atoms with E-state index in [4.69, 9.17) is 0 Å². The topological polar surface area (TPSA) is 58.2 Å². The van der Waals surface area contributed by atoms with Gasteiger partial charge in [0.25, 0.3) is 5.56 Å². The molecule has 0 spiro atoms. The van der Waals surface area contributed by atoms with Gasteiger partial charge in [-0.25, -0.2) is 4.98 Å². The number of hydrogen-bond acceptors (Lipinski definition) is 5. The fraction of sp³-hybridized carbons (Fsp3) is 0.182. The van der Waals surface area contributed by atoms with Crippen molar-refractivity contribution < 1.29 is 17.9 Å². The second-order valence-corrected chi connectivity index (χ2v) is 8.07. The summed E-state index contributed by atoms with van der Waals surface area (Å²) in [7, 11) is 1.73. The standard InChI is InChI=1S/C22H18F3N3O2S/c1-28(12-15-9-5-6-10-17(15)30-22(23,24)25)13-19-26-20(29)16-11-18(31-21(16)27-19)14-7-3-2-4-8-14/h2-11H,12-13H2,1H3,(H,26,27,29). The molecule has 2 aromatic heterocycles. The summed E-state index contributed by atoms with van der Waals surface area (Å²) in [6.45, 7) is 0.442. The van der Waals surface area contributed by atoms with Gasteiger partial charge in [-0.05, 0) is 24.7 Å². The predicted octanol–water partition coefficient (Wildman–Crippen LogP) is 5.18. The van der Waals surface area contributed by atoms with Crippen LogP contribution >= 0.6 is 11.3 Å². The van der Waals surface area contributed by atoms with E-state index >= 15 is 0 Å². The van der Waals surface area contributed by atoms with Crippen LogP contribution in [0.15, 0.2) is 65.5 Å². The molecular weight excluding hydrogens is 427 g/mol. The predicted molar refractivity (Wildman–Crippen MR) is 114 cm³/mol. The first-order valence-electron chi connectivity index (χ1n) is 9.39. The number of ether oxygens (including phenoxy) is 1. The normalized spacial score (nSPS) is 11.9. The molecule has 0 saturated carbocycles. The van der Waals surface area contributed by atoms with Crippen molar-refractivity contribution >= 4 is 21.6 Å². The largest absolute Gasteiger partial charge is 0.573 e. The van der Waals surface area contributed by atoms with Gasteiger partial charge in [-0.3, -0.25) is 9.69 Å². The maximum absolute atomic E-state index is 12.6. The number of aromatic amines is 1. The molecule has 160 valence electrons. The van der Waals surface area contributed by atoms with Gasteiger partial charge in [0.1, 0.15) is 16.4 Å². The monoisotopic (exact) mass is 445 g/mol. The van der Waals surface area contributed by atoms with Crippen LogP contribution in [0.25, 0.3) is 20.7 Å². The Morgan fingerprint density at radius 2 is 1.77 bits per heavy atom. The smallest absolute Gasteiger partial charge is 0.405 e. The van der Waals surface area contributed by atoms with Gasteiger partial charge in [0.2, 0.25) is 0 Å². The first-order valence-corrected chi connectivity index (χ1v) is 10.2. The first-order chi connectivity index (χ1) is 14.8. The van der Waals surface area contributed by atoms with E-state index in [0.717, 1.165) is 10.4 Å². The molecule has 4 rings (SSSR count). The summed E-state index contributed by atoms with van der Waals surface area (Å²) in [6.07, 6.45) is -4.76. The molecule has 0 aliphatic rings. The molecule has 0 bridgehead atoms. The maximum atomic E-state index is 12.6. The van der Waals surface area contributed by atoms with Crippen molar-refractivity contribution in [2.24, 2.45) is 0 Å². The average molecular weight is 445 g/mol. The van der Waals surface area contributed by atoms with E-state index in [1.807, 2.05) is 36.4 Å². The Labute approximate surface area is 179 Å². The van der Waals surface area contributed by atoms with Crippen molar-refractivity contribution in [3.05, 3.63) is 82.4 Å². The van der Waals surface area contributed by atoms with Crippen molar-refractivity contribution in [3.63, 3.8) is 0 Å². The highest BCUT2D eigenvalue weighted by Gasteiger charge is 2.32. The van der Waals surface area contributed by atoms with Crippen molar-refractivity contribution in [1.29, 1.82) is 0 Å². The zero-order valence-electron chi connectivity index (χ0n) is 16.4. The van der Waals surface area contributed by atoms with Crippen molar-refractivity contribution in [2.45, 2.75) is 19.5 Å². The summed E-state index contributed by atoms with van der Waals surface area (Å²) in [4.78, 5) is 23.2. The molecule has 4 aromatic rings. The zero-order valence-corrected chi connectivity index (χ0v) is 17.3. The molecule has 1 N–H and O–H groups in total.